The molecule has 1 unspecified atom stereocenters. The fourth-order valence-corrected chi connectivity index (χ4v) is 4.53. The predicted molar refractivity (Wildman–Crippen MR) is 148 cm³/mol. The summed E-state index contributed by atoms with van der Waals surface area (Å²) in [6, 6.07) is 19.0. The first-order valence-corrected chi connectivity index (χ1v) is 11.6. The maximum atomic E-state index is 5.95. The van der Waals surface area contributed by atoms with Crippen LogP contribution in [-0.2, 0) is 5.41 Å². The molecule has 34 heavy (non-hydrogen) atoms. The summed E-state index contributed by atoms with van der Waals surface area (Å²) in [5.41, 5.74) is 16.2. The molecule has 172 valence electrons. The van der Waals surface area contributed by atoms with E-state index in [0.29, 0.717) is 5.70 Å². The molecule has 4 N–H and O–H groups in total. The van der Waals surface area contributed by atoms with Gasteiger partial charge in [-0.2, -0.15) is 0 Å². The maximum Gasteiger partial charge on any atom is 0.0482 e. The first-order chi connectivity index (χ1) is 16.5. The molecule has 0 bridgehead atoms. The van der Waals surface area contributed by atoms with E-state index in [0.717, 1.165) is 29.2 Å². The molecule has 0 amide bonds. The van der Waals surface area contributed by atoms with Crippen LogP contribution in [0.15, 0.2) is 139 Å². The lowest BCUT2D eigenvalue weighted by Crippen LogP contribution is -2.32. The SMILES string of the molecule is C=C(N)/C=C\C=C/CC1(c2ccccc2)C(=C)/C=c2/cccc/c2=C/CC(/C=C\N)=C1/C=C/C. The van der Waals surface area contributed by atoms with Crippen LogP contribution in [0.3, 0.4) is 0 Å². The quantitative estimate of drug-likeness (QED) is 0.555. The summed E-state index contributed by atoms with van der Waals surface area (Å²) in [6.45, 7) is 10.4. The van der Waals surface area contributed by atoms with Crippen LogP contribution < -0.4 is 21.9 Å². The summed E-state index contributed by atoms with van der Waals surface area (Å²) >= 11 is 0. The molecule has 0 saturated heterocycles. The van der Waals surface area contributed by atoms with E-state index in [1.54, 1.807) is 12.3 Å². The first-order valence-electron chi connectivity index (χ1n) is 11.6. The topological polar surface area (TPSA) is 52.0 Å². The molecule has 0 saturated carbocycles. The highest BCUT2D eigenvalue weighted by molar-refractivity contribution is 5.66. The summed E-state index contributed by atoms with van der Waals surface area (Å²) in [7, 11) is 0. The number of allylic oxidation sites excluding steroid dienone is 10. The molecule has 0 aliphatic heterocycles. The van der Waals surface area contributed by atoms with Crippen molar-refractivity contribution in [2.75, 3.05) is 0 Å². The Bertz CT molecular complexity index is 1300. The van der Waals surface area contributed by atoms with Crippen molar-refractivity contribution in [3.8, 4) is 0 Å². The first kappa shape index (κ1) is 24.6. The van der Waals surface area contributed by atoms with E-state index >= 15 is 0 Å². The summed E-state index contributed by atoms with van der Waals surface area (Å²) in [5.74, 6) is 0. The van der Waals surface area contributed by atoms with Gasteiger partial charge in [0, 0.05) is 11.1 Å². The highest BCUT2D eigenvalue weighted by atomic mass is 14.5. The molecule has 0 radical (unpaired) electrons. The van der Waals surface area contributed by atoms with Gasteiger partial charge in [0.25, 0.3) is 0 Å². The molecule has 0 spiro atoms. The highest BCUT2D eigenvalue weighted by Gasteiger charge is 2.37. The van der Waals surface area contributed by atoms with Crippen LogP contribution in [-0.4, -0.2) is 0 Å². The van der Waals surface area contributed by atoms with Crippen LogP contribution in [0.2, 0.25) is 0 Å². The molecule has 2 nitrogen and oxygen atoms in total. The molecule has 0 aromatic heterocycles. The highest BCUT2D eigenvalue weighted by Crippen LogP contribution is 2.46. The van der Waals surface area contributed by atoms with Crippen LogP contribution >= 0.6 is 0 Å². The molecule has 2 aromatic carbocycles. The zero-order chi connectivity index (χ0) is 24.4. The second-order valence-corrected chi connectivity index (χ2v) is 8.34. The zero-order valence-corrected chi connectivity index (χ0v) is 20.0. The van der Waals surface area contributed by atoms with Crippen LogP contribution in [0.1, 0.15) is 25.3 Å². The van der Waals surface area contributed by atoms with Crippen molar-refractivity contribution in [3.63, 3.8) is 0 Å². The van der Waals surface area contributed by atoms with Crippen molar-refractivity contribution >= 4 is 12.2 Å². The van der Waals surface area contributed by atoms with Gasteiger partial charge in [0.15, 0.2) is 0 Å². The Balaban J connectivity index is 2.39. The number of benzene rings is 2. The average molecular weight is 447 g/mol. The van der Waals surface area contributed by atoms with Gasteiger partial charge in [0.2, 0.25) is 0 Å². The van der Waals surface area contributed by atoms with Gasteiger partial charge >= 0.3 is 0 Å². The number of rotatable bonds is 7. The molecule has 1 aliphatic rings. The van der Waals surface area contributed by atoms with Crippen molar-refractivity contribution in [3.05, 3.63) is 155 Å². The van der Waals surface area contributed by atoms with Gasteiger partial charge in [-0.25, -0.2) is 0 Å². The van der Waals surface area contributed by atoms with Crippen molar-refractivity contribution in [2.24, 2.45) is 11.5 Å². The van der Waals surface area contributed by atoms with E-state index in [-0.39, 0.29) is 0 Å². The molecule has 0 fully saturated rings. The van der Waals surface area contributed by atoms with Gasteiger partial charge in [0.1, 0.15) is 0 Å². The fraction of sp³-hybridized carbons (Fsp3) is 0.125. The van der Waals surface area contributed by atoms with E-state index in [1.165, 1.54) is 16.4 Å². The third kappa shape index (κ3) is 5.47. The normalized spacial score (nSPS) is 23.3. The van der Waals surface area contributed by atoms with Crippen molar-refractivity contribution in [1.82, 2.24) is 0 Å². The van der Waals surface area contributed by atoms with Crippen molar-refractivity contribution in [2.45, 2.75) is 25.2 Å². The Hall–Kier alpha value is -4.04. The lowest BCUT2D eigenvalue weighted by atomic mass is 9.65. The standard InChI is InChI=1S/C32H34N2/c1-4-13-31-28(21-23-33)20-19-27-15-10-11-16-29(27)24-25(2)32(31,30-17-8-5-9-18-30)22-12-6-7-14-26(3)34/h4-19,21,23-24H,2-3,20,22,33-34H2,1H3/b12-6-,13-4+,14-7-,23-21-,27-19-,29-24-,31-28+. The third-order valence-corrected chi connectivity index (χ3v) is 6.10. The number of fused-ring (bicyclic) bond motifs is 1. The number of hydrogen-bond acceptors (Lipinski definition) is 2. The molecule has 3 rings (SSSR count). The fourth-order valence-electron chi connectivity index (χ4n) is 4.53. The Morgan fingerprint density at radius 3 is 2.38 bits per heavy atom. The van der Waals surface area contributed by atoms with Crippen molar-refractivity contribution < 1.29 is 0 Å². The van der Waals surface area contributed by atoms with Gasteiger partial charge in [-0.15, -0.1) is 0 Å². The van der Waals surface area contributed by atoms with Crippen LogP contribution in [0, 0.1) is 0 Å². The predicted octanol–water partition coefficient (Wildman–Crippen LogP) is 5.47. The largest absolute Gasteiger partial charge is 0.405 e. The molecular weight excluding hydrogens is 412 g/mol. The van der Waals surface area contributed by atoms with Gasteiger partial charge in [-0.1, -0.05) is 110 Å². The van der Waals surface area contributed by atoms with E-state index < -0.39 is 5.41 Å². The Kier molecular flexibility index (Phi) is 8.48. The smallest absolute Gasteiger partial charge is 0.0482 e. The lowest BCUT2D eigenvalue weighted by Gasteiger charge is -2.38. The molecule has 1 atom stereocenters. The number of nitrogens with two attached hydrogens (primary N) is 2. The maximum absolute atomic E-state index is 5.95. The minimum atomic E-state index is -0.488. The van der Waals surface area contributed by atoms with Gasteiger partial charge in [-0.05, 0) is 70.8 Å². The van der Waals surface area contributed by atoms with Crippen LogP contribution in [0.25, 0.3) is 12.2 Å². The molecule has 1 aliphatic carbocycles. The Morgan fingerprint density at radius 1 is 1.00 bits per heavy atom. The number of hydrogen-bond donors (Lipinski definition) is 2. The third-order valence-electron chi connectivity index (χ3n) is 6.10. The van der Waals surface area contributed by atoms with Gasteiger partial charge < -0.3 is 11.5 Å². The average Bonchev–Trinajstić information content (AvgIpc) is 2.88. The minimum Gasteiger partial charge on any atom is -0.405 e. The van der Waals surface area contributed by atoms with E-state index in [4.69, 9.17) is 11.5 Å². The zero-order valence-electron chi connectivity index (χ0n) is 20.0. The van der Waals surface area contributed by atoms with Crippen molar-refractivity contribution in [1.29, 1.82) is 0 Å². The Labute approximate surface area is 203 Å². The second-order valence-electron chi connectivity index (χ2n) is 8.34. The summed E-state index contributed by atoms with van der Waals surface area (Å²) in [4.78, 5) is 0. The molecule has 2 heteroatoms. The van der Waals surface area contributed by atoms with Crippen LogP contribution in [0.5, 0.6) is 0 Å². The lowest BCUT2D eigenvalue weighted by molar-refractivity contribution is 0.627. The van der Waals surface area contributed by atoms with Crippen LogP contribution in [0.4, 0.5) is 0 Å². The van der Waals surface area contributed by atoms with Gasteiger partial charge in [0.05, 0.1) is 0 Å². The monoisotopic (exact) mass is 446 g/mol. The van der Waals surface area contributed by atoms with E-state index in [2.05, 4.69) is 99.0 Å². The summed E-state index contributed by atoms with van der Waals surface area (Å²) < 4.78 is 0. The molecular formula is C32H34N2. The van der Waals surface area contributed by atoms with E-state index in [1.807, 2.05) is 24.3 Å². The molecule has 2 aromatic rings. The molecule has 0 heterocycles. The van der Waals surface area contributed by atoms with Gasteiger partial charge in [-0.3, -0.25) is 0 Å². The Morgan fingerprint density at radius 2 is 1.71 bits per heavy atom. The van der Waals surface area contributed by atoms with E-state index in [9.17, 15) is 0 Å². The second kappa shape index (κ2) is 11.7. The summed E-state index contributed by atoms with van der Waals surface area (Å²) in [6.07, 6.45) is 21.8. The minimum absolute atomic E-state index is 0.488. The summed E-state index contributed by atoms with van der Waals surface area (Å²) in [5, 5.41) is 2.35.